The second kappa shape index (κ2) is 8.31. The van der Waals surface area contributed by atoms with Crippen molar-refractivity contribution in [1.29, 1.82) is 0 Å². The van der Waals surface area contributed by atoms with Crippen LogP contribution in [0, 0.1) is 6.92 Å². The minimum atomic E-state index is -0.0558. The van der Waals surface area contributed by atoms with Crippen molar-refractivity contribution in [3.8, 4) is 0 Å². The molecule has 1 fully saturated rings. The second-order valence-corrected chi connectivity index (χ2v) is 8.33. The molecule has 0 unspecified atom stereocenters. The Balaban J connectivity index is 1.57. The Morgan fingerprint density at radius 2 is 2.07 bits per heavy atom. The summed E-state index contributed by atoms with van der Waals surface area (Å²) in [5.74, 6) is 2.14. The molecule has 0 amide bonds. The van der Waals surface area contributed by atoms with Gasteiger partial charge in [0.2, 0.25) is 0 Å². The third kappa shape index (κ3) is 3.90. The van der Waals surface area contributed by atoms with E-state index in [0.717, 1.165) is 22.2 Å². The molecule has 146 valence electrons. The van der Waals surface area contributed by atoms with Gasteiger partial charge >= 0.3 is 0 Å². The summed E-state index contributed by atoms with van der Waals surface area (Å²) >= 11 is 1.58. The van der Waals surface area contributed by atoms with Gasteiger partial charge in [-0.3, -0.25) is 9.20 Å². The maximum atomic E-state index is 12.4. The Morgan fingerprint density at radius 1 is 1.25 bits per heavy atom. The first-order chi connectivity index (χ1) is 13.7. The molecule has 4 rings (SSSR count). The Bertz CT molecular complexity index is 1050. The van der Waals surface area contributed by atoms with Gasteiger partial charge in [0.25, 0.3) is 5.56 Å². The fourth-order valence-electron chi connectivity index (χ4n) is 3.84. The molecule has 0 aromatic carbocycles. The van der Waals surface area contributed by atoms with Crippen LogP contribution < -0.4 is 5.56 Å². The van der Waals surface area contributed by atoms with E-state index in [2.05, 4.69) is 26.3 Å². The molecule has 0 radical (unpaired) electrons. The van der Waals surface area contributed by atoms with Crippen molar-refractivity contribution >= 4 is 17.4 Å². The molecule has 0 aliphatic heterocycles. The number of nitrogens with zero attached hydrogens (tertiary/aromatic N) is 5. The molecular weight excluding hydrogens is 370 g/mol. The first kappa shape index (κ1) is 18.9. The number of hydrogen-bond donors (Lipinski definition) is 0. The molecule has 1 aliphatic carbocycles. The van der Waals surface area contributed by atoms with Crippen molar-refractivity contribution in [2.45, 2.75) is 62.4 Å². The van der Waals surface area contributed by atoms with E-state index in [1.807, 2.05) is 31.3 Å². The standard InChI is InChI=1S/C21H25N5OS/c1-3-11-25-20(16-7-5-4-6-8-16)23-24-21(25)28-14-17-12-19(27)26-13-15(2)9-10-18(26)22-17/h3,9-10,12-13,16H,1,4-8,11,14H2,2H3. The lowest BCUT2D eigenvalue weighted by Crippen LogP contribution is -2.15. The molecule has 0 saturated heterocycles. The Kier molecular flexibility index (Phi) is 5.62. The maximum Gasteiger partial charge on any atom is 0.258 e. The molecule has 0 N–H and O–H groups in total. The van der Waals surface area contributed by atoms with Crippen LogP contribution in [-0.2, 0) is 12.3 Å². The zero-order chi connectivity index (χ0) is 19.5. The number of hydrogen-bond acceptors (Lipinski definition) is 5. The van der Waals surface area contributed by atoms with Gasteiger partial charge in [-0.15, -0.1) is 16.8 Å². The summed E-state index contributed by atoms with van der Waals surface area (Å²) in [6.45, 7) is 6.56. The van der Waals surface area contributed by atoms with E-state index in [1.54, 1.807) is 22.2 Å². The first-order valence-electron chi connectivity index (χ1n) is 9.81. The van der Waals surface area contributed by atoms with Gasteiger partial charge in [0, 0.05) is 30.5 Å². The molecular formula is C21H25N5OS. The van der Waals surface area contributed by atoms with E-state index in [0.29, 0.717) is 23.9 Å². The monoisotopic (exact) mass is 395 g/mol. The van der Waals surface area contributed by atoms with Crippen molar-refractivity contribution in [3.05, 3.63) is 64.5 Å². The quantitative estimate of drug-likeness (QED) is 0.464. The molecule has 0 spiro atoms. The van der Waals surface area contributed by atoms with Gasteiger partial charge in [-0.2, -0.15) is 0 Å². The van der Waals surface area contributed by atoms with E-state index >= 15 is 0 Å². The maximum absolute atomic E-state index is 12.4. The fourth-order valence-corrected chi connectivity index (χ4v) is 4.69. The number of thioether (sulfide) groups is 1. The summed E-state index contributed by atoms with van der Waals surface area (Å²) in [5.41, 5.74) is 2.40. The van der Waals surface area contributed by atoms with Crippen LogP contribution >= 0.6 is 11.8 Å². The second-order valence-electron chi connectivity index (χ2n) is 7.38. The highest BCUT2D eigenvalue weighted by molar-refractivity contribution is 7.98. The van der Waals surface area contributed by atoms with Crippen LogP contribution in [-0.4, -0.2) is 24.1 Å². The SMILES string of the molecule is C=CCn1c(SCc2cc(=O)n3cc(C)ccc3n2)nnc1C1CCCCC1. The molecule has 1 saturated carbocycles. The number of fused-ring (bicyclic) bond motifs is 1. The normalized spacial score (nSPS) is 15.2. The van der Waals surface area contributed by atoms with Crippen LogP contribution in [0.5, 0.6) is 0 Å². The number of rotatable bonds is 6. The lowest BCUT2D eigenvalue weighted by atomic mass is 9.89. The highest BCUT2D eigenvalue weighted by atomic mass is 32.2. The molecule has 1 aliphatic rings. The zero-order valence-corrected chi connectivity index (χ0v) is 17.0. The first-order valence-corrected chi connectivity index (χ1v) is 10.8. The average Bonchev–Trinajstić information content (AvgIpc) is 3.10. The molecule has 0 atom stereocenters. The summed E-state index contributed by atoms with van der Waals surface area (Å²) in [6.07, 6.45) is 9.92. The van der Waals surface area contributed by atoms with Crippen LogP contribution in [0.1, 0.15) is 55.1 Å². The molecule has 3 aromatic heterocycles. The molecule has 6 nitrogen and oxygen atoms in total. The smallest absolute Gasteiger partial charge is 0.258 e. The zero-order valence-electron chi connectivity index (χ0n) is 16.2. The van der Waals surface area contributed by atoms with E-state index < -0.39 is 0 Å². The summed E-state index contributed by atoms with van der Waals surface area (Å²) in [7, 11) is 0. The molecule has 3 aromatic rings. The highest BCUT2D eigenvalue weighted by Crippen LogP contribution is 2.33. The van der Waals surface area contributed by atoms with Gasteiger partial charge in [-0.25, -0.2) is 4.98 Å². The van der Waals surface area contributed by atoms with Gasteiger partial charge in [-0.05, 0) is 31.4 Å². The number of aryl methyl sites for hydroxylation is 1. The summed E-state index contributed by atoms with van der Waals surface area (Å²) < 4.78 is 3.76. The minimum absolute atomic E-state index is 0.0558. The predicted octanol–water partition coefficient (Wildman–Crippen LogP) is 4.12. The van der Waals surface area contributed by atoms with E-state index in [-0.39, 0.29) is 5.56 Å². The third-order valence-electron chi connectivity index (χ3n) is 5.24. The minimum Gasteiger partial charge on any atom is -0.302 e. The molecule has 28 heavy (non-hydrogen) atoms. The Labute approximate surface area is 168 Å². The van der Waals surface area contributed by atoms with Crippen molar-refractivity contribution in [3.63, 3.8) is 0 Å². The van der Waals surface area contributed by atoms with Crippen LogP contribution in [0.2, 0.25) is 0 Å². The lowest BCUT2D eigenvalue weighted by molar-refractivity contribution is 0.415. The summed E-state index contributed by atoms with van der Waals surface area (Å²) in [6, 6.07) is 5.46. The lowest BCUT2D eigenvalue weighted by Gasteiger charge is -2.21. The van der Waals surface area contributed by atoms with Crippen molar-refractivity contribution in [2.75, 3.05) is 0 Å². The van der Waals surface area contributed by atoms with E-state index in [1.165, 1.54) is 32.1 Å². The summed E-state index contributed by atoms with van der Waals surface area (Å²) in [5, 5.41) is 9.81. The topological polar surface area (TPSA) is 65.1 Å². The van der Waals surface area contributed by atoms with Gasteiger partial charge in [0.1, 0.15) is 11.5 Å². The van der Waals surface area contributed by atoms with Crippen LogP contribution in [0.25, 0.3) is 5.65 Å². The van der Waals surface area contributed by atoms with Gasteiger partial charge in [-0.1, -0.05) is 43.2 Å². The van der Waals surface area contributed by atoms with E-state index in [9.17, 15) is 4.79 Å². The Morgan fingerprint density at radius 3 is 2.86 bits per heavy atom. The van der Waals surface area contributed by atoms with Gasteiger partial charge in [0.15, 0.2) is 5.16 Å². The average molecular weight is 396 g/mol. The number of aromatic nitrogens is 5. The Hall–Kier alpha value is -2.41. The van der Waals surface area contributed by atoms with Crippen molar-refractivity contribution in [1.82, 2.24) is 24.1 Å². The van der Waals surface area contributed by atoms with Crippen LogP contribution in [0.15, 0.2) is 47.0 Å². The number of allylic oxidation sites excluding steroid dienone is 1. The fraction of sp³-hybridized carbons (Fsp3) is 0.429. The summed E-state index contributed by atoms with van der Waals surface area (Å²) in [4.78, 5) is 17.0. The van der Waals surface area contributed by atoms with Gasteiger partial charge < -0.3 is 4.57 Å². The van der Waals surface area contributed by atoms with E-state index in [4.69, 9.17) is 0 Å². The highest BCUT2D eigenvalue weighted by Gasteiger charge is 2.23. The van der Waals surface area contributed by atoms with Crippen molar-refractivity contribution < 1.29 is 0 Å². The van der Waals surface area contributed by atoms with Crippen molar-refractivity contribution in [2.24, 2.45) is 0 Å². The van der Waals surface area contributed by atoms with Gasteiger partial charge in [0.05, 0.1) is 5.69 Å². The molecule has 3 heterocycles. The largest absolute Gasteiger partial charge is 0.302 e. The predicted molar refractivity (Wildman–Crippen MR) is 112 cm³/mol. The third-order valence-corrected chi connectivity index (χ3v) is 6.24. The van der Waals surface area contributed by atoms with Crippen LogP contribution in [0.4, 0.5) is 0 Å². The molecule has 0 bridgehead atoms. The number of pyridine rings is 1. The van der Waals surface area contributed by atoms with Crippen LogP contribution in [0.3, 0.4) is 0 Å². The molecule has 7 heteroatoms.